The number of fused-ring (bicyclic) bond motifs is 1. The summed E-state index contributed by atoms with van der Waals surface area (Å²) in [7, 11) is 1.77. The molecule has 0 fully saturated rings. The van der Waals surface area contributed by atoms with E-state index in [9.17, 15) is 0 Å². The zero-order chi connectivity index (χ0) is 13.1. The van der Waals surface area contributed by atoms with Crippen molar-refractivity contribution in [3.63, 3.8) is 0 Å². The number of anilines is 1. The molecule has 0 spiro atoms. The fourth-order valence-electron chi connectivity index (χ4n) is 1.74. The van der Waals surface area contributed by atoms with Crippen molar-refractivity contribution in [1.29, 1.82) is 0 Å². The van der Waals surface area contributed by atoms with E-state index in [1.807, 2.05) is 10.8 Å². The molecule has 6 N–H and O–H groups in total. The Balaban J connectivity index is 2.63. The lowest BCUT2D eigenvalue weighted by Crippen LogP contribution is -2.28. The molecule has 0 aromatic carbocycles. The molecule has 2 aromatic heterocycles. The van der Waals surface area contributed by atoms with E-state index in [4.69, 9.17) is 17.3 Å². The standard InChI is InChI=1S/C11H15N7/c1-17(14)7-18-5-8(3-2-4-12)9-10(13)15-6-16-11(9)18/h5-6H,4,7,12,14H2,1H3,(H2,13,15,16). The van der Waals surface area contributed by atoms with Crippen molar-refractivity contribution in [3.8, 4) is 11.8 Å². The van der Waals surface area contributed by atoms with Gasteiger partial charge in [0.05, 0.1) is 24.2 Å². The van der Waals surface area contributed by atoms with Crippen molar-refractivity contribution in [1.82, 2.24) is 19.5 Å². The normalized spacial score (nSPS) is 10.7. The van der Waals surface area contributed by atoms with Crippen LogP contribution in [-0.2, 0) is 6.67 Å². The van der Waals surface area contributed by atoms with Crippen LogP contribution >= 0.6 is 0 Å². The van der Waals surface area contributed by atoms with Crippen LogP contribution in [0.4, 0.5) is 5.82 Å². The lowest BCUT2D eigenvalue weighted by Gasteiger charge is -2.10. The molecule has 2 heterocycles. The second-order valence-corrected chi connectivity index (χ2v) is 3.87. The fraction of sp³-hybridized carbons (Fsp3) is 0.273. The van der Waals surface area contributed by atoms with Crippen molar-refractivity contribution in [3.05, 3.63) is 18.1 Å². The Hall–Kier alpha value is -2.14. The maximum atomic E-state index is 5.86. The molecule has 7 heteroatoms. The van der Waals surface area contributed by atoms with Crippen LogP contribution in [-0.4, -0.2) is 33.1 Å². The van der Waals surface area contributed by atoms with Gasteiger partial charge in [0.25, 0.3) is 0 Å². The molecule has 2 rings (SSSR count). The van der Waals surface area contributed by atoms with E-state index >= 15 is 0 Å². The summed E-state index contributed by atoms with van der Waals surface area (Å²) in [6, 6.07) is 0. The molecule has 0 amide bonds. The molecule has 0 radical (unpaired) electrons. The average molecular weight is 245 g/mol. The van der Waals surface area contributed by atoms with E-state index in [1.165, 1.54) is 11.3 Å². The molecule has 2 aromatic rings. The summed E-state index contributed by atoms with van der Waals surface area (Å²) in [6.07, 6.45) is 3.27. The van der Waals surface area contributed by atoms with Gasteiger partial charge in [0, 0.05) is 13.2 Å². The molecule has 0 saturated carbocycles. The number of aromatic nitrogens is 3. The monoisotopic (exact) mass is 245 g/mol. The van der Waals surface area contributed by atoms with E-state index in [-0.39, 0.29) is 6.54 Å². The molecule has 7 nitrogen and oxygen atoms in total. The second-order valence-electron chi connectivity index (χ2n) is 3.87. The largest absolute Gasteiger partial charge is 0.383 e. The zero-order valence-electron chi connectivity index (χ0n) is 10.1. The van der Waals surface area contributed by atoms with Crippen LogP contribution in [0.25, 0.3) is 11.0 Å². The molecule has 0 unspecified atom stereocenters. The minimum atomic E-state index is 0.289. The van der Waals surface area contributed by atoms with Crippen molar-refractivity contribution >= 4 is 16.9 Å². The predicted octanol–water partition coefficient (Wildman–Crippen LogP) is -0.913. The quantitative estimate of drug-likeness (QED) is 0.358. The molecule has 0 aliphatic carbocycles. The van der Waals surface area contributed by atoms with Gasteiger partial charge in [-0.05, 0) is 0 Å². The van der Waals surface area contributed by atoms with Gasteiger partial charge in [0.2, 0.25) is 0 Å². The second kappa shape index (κ2) is 5.01. The first-order chi connectivity index (χ1) is 8.63. The fourth-order valence-corrected chi connectivity index (χ4v) is 1.74. The first kappa shape index (κ1) is 12.3. The van der Waals surface area contributed by atoms with Crippen molar-refractivity contribution < 1.29 is 0 Å². The van der Waals surface area contributed by atoms with Gasteiger partial charge >= 0.3 is 0 Å². The van der Waals surface area contributed by atoms with E-state index in [0.29, 0.717) is 18.1 Å². The van der Waals surface area contributed by atoms with Gasteiger partial charge in [-0.1, -0.05) is 11.8 Å². The van der Waals surface area contributed by atoms with Gasteiger partial charge in [-0.15, -0.1) is 0 Å². The summed E-state index contributed by atoms with van der Waals surface area (Å²) >= 11 is 0. The average Bonchev–Trinajstić information content (AvgIpc) is 2.66. The Bertz CT molecular complexity index is 617. The molecule has 18 heavy (non-hydrogen) atoms. The Morgan fingerprint density at radius 3 is 2.89 bits per heavy atom. The first-order valence-corrected chi connectivity index (χ1v) is 5.37. The van der Waals surface area contributed by atoms with Gasteiger partial charge in [-0.25, -0.2) is 15.0 Å². The number of hydrazine groups is 1. The van der Waals surface area contributed by atoms with Crippen LogP contribution in [0.2, 0.25) is 0 Å². The molecule has 0 saturated heterocycles. The highest BCUT2D eigenvalue weighted by molar-refractivity contribution is 5.92. The van der Waals surface area contributed by atoms with E-state index in [2.05, 4.69) is 21.8 Å². The molecular weight excluding hydrogens is 230 g/mol. The summed E-state index contributed by atoms with van der Waals surface area (Å²) in [4.78, 5) is 8.19. The van der Waals surface area contributed by atoms with Gasteiger partial charge in [0.1, 0.15) is 17.8 Å². The minimum Gasteiger partial charge on any atom is -0.383 e. The SMILES string of the molecule is CN(N)Cn1cc(C#CCN)c2c(N)ncnc21. The Kier molecular flexibility index (Phi) is 3.43. The number of hydrogen-bond acceptors (Lipinski definition) is 6. The number of rotatable bonds is 2. The van der Waals surface area contributed by atoms with Crippen molar-refractivity contribution in [2.45, 2.75) is 6.67 Å². The summed E-state index contributed by atoms with van der Waals surface area (Å²) in [5, 5.41) is 2.28. The molecule has 0 bridgehead atoms. The number of nitrogens with two attached hydrogens (primary N) is 3. The van der Waals surface area contributed by atoms with Crippen molar-refractivity contribution in [2.24, 2.45) is 11.6 Å². The molecule has 94 valence electrons. The topological polar surface area (TPSA) is 112 Å². The van der Waals surface area contributed by atoms with Gasteiger partial charge < -0.3 is 16.0 Å². The molecule has 0 aliphatic rings. The van der Waals surface area contributed by atoms with Crippen LogP contribution in [0.15, 0.2) is 12.5 Å². The maximum Gasteiger partial charge on any atom is 0.147 e. The molecule has 0 aliphatic heterocycles. The van der Waals surface area contributed by atoms with Gasteiger partial charge in [0.15, 0.2) is 0 Å². The van der Waals surface area contributed by atoms with Crippen LogP contribution in [0.5, 0.6) is 0 Å². The van der Waals surface area contributed by atoms with Crippen LogP contribution in [0, 0.1) is 11.8 Å². The number of hydrogen-bond donors (Lipinski definition) is 3. The third-order valence-electron chi connectivity index (χ3n) is 2.38. The third kappa shape index (κ3) is 2.26. The first-order valence-electron chi connectivity index (χ1n) is 5.37. The number of nitrogen functional groups attached to an aromatic ring is 1. The Morgan fingerprint density at radius 2 is 2.22 bits per heavy atom. The summed E-state index contributed by atoms with van der Waals surface area (Å²) in [5.74, 6) is 11.8. The zero-order valence-corrected chi connectivity index (χ0v) is 10.1. The summed E-state index contributed by atoms with van der Waals surface area (Å²) in [5.41, 5.74) is 12.7. The number of nitrogens with zero attached hydrogens (tertiary/aromatic N) is 4. The van der Waals surface area contributed by atoms with Crippen molar-refractivity contribution in [2.75, 3.05) is 19.3 Å². The van der Waals surface area contributed by atoms with Gasteiger partial charge in [-0.3, -0.25) is 5.84 Å². The highest BCUT2D eigenvalue weighted by Gasteiger charge is 2.12. The highest BCUT2D eigenvalue weighted by Crippen LogP contribution is 2.22. The molecule has 0 atom stereocenters. The van der Waals surface area contributed by atoms with E-state index in [0.717, 1.165) is 10.9 Å². The summed E-state index contributed by atoms with van der Waals surface area (Å²) < 4.78 is 1.87. The third-order valence-corrected chi connectivity index (χ3v) is 2.38. The highest BCUT2D eigenvalue weighted by atomic mass is 15.4. The smallest absolute Gasteiger partial charge is 0.147 e. The minimum absolute atomic E-state index is 0.289. The lowest BCUT2D eigenvalue weighted by atomic mass is 10.2. The molecular formula is C11H15N7. The van der Waals surface area contributed by atoms with E-state index < -0.39 is 0 Å². The Morgan fingerprint density at radius 1 is 1.44 bits per heavy atom. The van der Waals surface area contributed by atoms with Gasteiger partial charge in [-0.2, -0.15) is 0 Å². The lowest BCUT2D eigenvalue weighted by molar-refractivity contribution is 0.282. The Labute approximate surface area is 105 Å². The van der Waals surface area contributed by atoms with Crippen LogP contribution in [0.3, 0.4) is 0 Å². The predicted molar refractivity (Wildman–Crippen MR) is 69.8 cm³/mol. The van der Waals surface area contributed by atoms with Crippen LogP contribution in [0.1, 0.15) is 5.56 Å². The van der Waals surface area contributed by atoms with Crippen LogP contribution < -0.4 is 17.3 Å². The van der Waals surface area contributed by atoms with E-state index in [1.54, 1.807) is 7.05 Å². The maximum absolute atomic E-state index is 5.86. The summed E-state index contributed by atoms with van der Waals surface area (Å²) in [6.45, 7) is 0.772.